The first kappa shape index (κ1) is 23.8. The predicted molar refractivity (Wildman–Crippen MR) is 109 cm³/mol. The highest BCUT2D eigenvalue weighted by Crippen LogP contribution is 2.35. The van der Waals surface area contributed by atoms with Gasteiger partial charge in [0.1, 0.15) is 11.3 Å². The summed E-state index contributed by atoms with van der Waals surface area (Å²) >= 11 is 11.3. The van der Waals surface area contributed by atoms with Gasteiger partial charge in [0.15, 0.2) is 11.5 Å². The first-order valence-electron chi connectivity index (χ1n) is 9.16. The maximum atomic E-state index is 14.0. The Kier molecular flexibility index (Phi) is 7.24. The molecule has 172 valence electrons. The van der Waals surface area contributed by atoms with Crippen LogP contribution in [0.25, 0.3) is 11.2 Å². The lowest BCUT2D eigenvalue weighted by Gasteiger charge is -2.15. The number of anilines is 1. The third-order valence-corrected chi connectivity index (χ3v) is 4.86. The van der Waals surface area contributed by atoms with Gasteiger partial charge in [-0.25, -0.2) is 14.2 Å². The molecule has 0 bridgehead atoms. The molecule has 0 saturated carbocycles. The van der Waals surface area contributed by atoms with Crippen molar-refractivity contribution in [2.24, 2.45) is 0 Å². The molecule has 0 aliphatic rings. The summed E-state index contributed by atoms with van der Waals surface area (Å²) in [5.41, 5.74) is 4.61. The lowest BCUT2D eigenvalue weighted by atomic mass is 10.1. The minimum absolute atomic E-state index is 0.0124. The number of amides is 1. The number of imidazole rings is 1. The summed E-state index contributed by atoms with van der Waals surface area (Å²) < 4.78 is 59.8. The van der Waals surface area contributed by atoms with Crippen molar-refractivity contribution in [3.63, 3.8) is 0 Å². The van der Waals surface area contributed by atoms with Crippen LogP contribution in [0.2, 0.25) is 10.3 Å². The number of ether oxygens (including phenoxy) is 1. The summed E-state index contributed by atoms with van der Waals surface area (Å²) in [6, 6.07) is 1.46. The molecule has 32 heavy (non-hydrogen) atoms. The number of halogens is 6. The van der Waals surface area contributed by atoms with Gasteiger partial charge in [0.2, 0.25) is 5.28 Å². The Morgan fingerprint density at radius 3 is 2.69 bits per heavy atom. The Bertz CT molecular complexity index is 1140. The van der Waals surface area contributed by atoms with Crippen LogP contribution in [-0.4, -0.2) is 32.2 Å². The molecule has 0 aliphatic heterocycles. The van der Waals surface area contributed by atoms with Crippen LogP contribution >= 0.6 is 23.2 Å². The van der Waals surface area contributed by atoms with E-state index in [1.165, 1.54) is 6.33 Å². The van der Waals surface area contributed by atoms with Gasteiger partial charge in [-0.05, 0) is 36.6 Å². The van der Waals surface area contributed by atoms with Crippen molar-refractivity contribution >= 4 is 46.3 Å². The van der Waals surface area contributed by atoms with Gasteiger partial charge in [-0.2, -0.15) is 23.1 Å². The van der Waals surface area contributed by atoms with E-state index in [0.717, 1.165) is 6.07 Å². The van der Waals surface area contributed by atoms with Crippen molar-refractivity contribution < 1.29 is 27.1 Å². The number of alkyl halides is 3. The molecule has 14 heteroatoms. The normalized spacial score (nSPS) is 11.7. The highest BCUT2D eigenvalue weighted by atomic mass is 35.5. The van der Waals surface area contributed by atoms with Gasteiger partial charge in [0, 0.05) is 18.7 Å². The van der Waals surface area contributed by atoms with E-state index in [9.17, 15) is 22.4 Å². The fraction of sp³-hybridized carbons (Fsp3) is 0.333. The number of unbranched alkanes of at least 4 members (excludes halogenated alkanes) is 1. The molecule has 0 radical (unpaired) electrons. The number of nitrogen functional groups attached to an aromatic ring is 1. The zero-order valence-electron chi connectivity index (χ0n) is 16.2. The van der Waals surface area contributed by atoms with Crippen LogP contribution in [0, 0.1) is 5.82 Å². The van der Waals surface area contributed by atoms with E-state index < -0.39 is 40.8 Å². The summed E-state index contributed by atoms with van der Waals surface area (Å²) in [7, 11) is 0. The number of aromatic nitrogens is 4. The zero-order valence-corrected chi connectivity index (χ0v) is 17.7. The maximum absolute atomic E-state index is 14.0. The monoisotopic (exact) mass is 494 g/mol. The number of hydrogen-bond acceptors (Lipinski definition) is 6. The van der Waals surface area contributed by atoms with Crippen LogP contribution in [0.15, 0.2) is 18.5 Å². The van der Waals surface area contributed by atoms with Gasteiger partial charge in [-0.15, -0.1) is 0 Å². The van der Waals surface area contributed by atoms with E-state index in [2.05, 4.69) is 20.3 Å². The molecule has 0 spiro atoms. The zero-order chi connectivity index (χ0) is 23.5. The average molecular weight is 495 g/mol. The number of carbonyl (C=O) groups excluding carboxylic acids is 1. The summed E-state index contributed by atoms with van der Waals surface area (Å²) in [6.07, 6.45) is -3.28. The number of benzene rings is 1. The molecule has 0 fully saturated rings. The third-order valence-electron chi connectivity index (χ3n) is 4.40. The molecule has 0 saturated heterocycles. The predicted octanol–water partition coefficient (Wildman–Crippen LogP) is 4.58. The van der Waals surface area contributed by atoms with Gasteiger partial charge in [-0.3, -0.25) is 0 Å². The number of nitrogens with two attached hydrogens (primary N) is 1. The van der Waals surface area contributed by atoms with Crippen LogP contribution < -0.4 is 11.1 Å². The van der Waals surface area contributed by atoms with Crippen molar-refractivity contribution in [1.82, 2.24) is 24.8 Å². The highest BCUT2D eigenvalue weighted by molar-refractivity contribution is 6.30. The van der Waals surface area contributed by atoms with Crippen LogP contribution in [0.4, 0.5) is 28.2 Å². The molecule has 8 nitrogen and oxygen atoms in total. The van der Waals surface area contributed by atoms with E-state index in [0.29, 0.717) is 36.6 Å². The minimum Gasteiger partial charge on any atom is -0.450 e. The van der Waals surface area contributed by atoms with E-state index in [-0.39, 0.29) is 17.7 Å². The number of hydrogen-bond donors (Lipinski definition) is 2. The molecular weight excluding hydrogens is 479 g/mol. The second-order valence-electron chi connectivity index (χ2n) is 6.57. The topological polar surface area (TPSA) is 108 Å². The van der Waals surface area contributed by atoms with Crippen molar-refractivity contribution in [3.8, 4) is 0 Å². The number of nitrogens with zero attached hydrogens (tertiary/aromatic N) is 4. The fourth-order valence-corrected chi connectivity index (χ4v) is 3.24. The Labute approximate surface area is 188 Å². The first-order chi connectivity index (χ1) is 15.1. The van der Waals surface area contributed by atoms with Crippen molar-refractivity contribution in [1.29, 1.82) is 0 Å². The second kappa shape index (κ2) is 9.74. The molecule has 1 aromatic carbocycles. The Hall–Kier alpha value is -2.86. The molecule has 3 N–H and O–H groups in total. The van der Waals surface area contributed by atoms with E-state index in [1.807, 2.05) is 0 Å². The Morgan fingerprint density at radius 2 is 1.97 bits per heavy atom. The number of fused-ring (bicyclic) bond motifs is 1. The Morgan fingerprint density at radius 1 is 1.22 bits per heavy atom. The molecule has 0 aliphatic carbocycles. The molecule has 3 rings (SSSR count). The van der Waals surface area contributed by atoms with Crippen molar-refractivity contribution in [3.05, 3.63) is 45.7 Å². The quantitative estimate of drug-likeness (QED) is 0.282. The molecule has 0 atom stereocenters. The second-order valence-corrected chi connectivity index (χ2v) is 7.32. The van der Waals surface area contributed by atoms with Gasteiger partial charge < -0.3 is 20.4 Å². The summed E-state index contributed by atoms with van der Waals surface area (Å²) in [6.45, 7) is -0.277. The van der Waals surface area contributed by atoms with E-state index in [4.69, 9.17) is 33.7 Å². The fourth-order valence-electron chi connectivity index (χ4n) is 2.89. The van der Waals surface area contributed by atoms with Gasteiger partial charge >= 0.3 is 12.3 Å². The largest absolute Gasteiger partial charge is 0.450 e. The number of rotatable bonds is 7. The first-order valence-corrected chi connectivity index (χ1v) is 9.92. The van der Waals surface area contributed by atoms with Crippen LogP contribution in [-0.2, 0) is 24.0 Å². The van der Waals surface area contributed by atoms with Crippen LogP contribution in [0.1, 0.15) is 24.0 Å². The van der Waals surface area contributed by atoms with Gasteiger partial charge in [0.25, 0.3) is 0 Å². The van der Waals surface area contributed by atoms with Crippen LogP contribution in [0.5, 0.6) is 0 Å². The third kappa shape index (κ3) is 5.49. The summed E-state index contributed by atoms with van der Waals surface area (Å²) in [5, 5.41) is 1.60. The van der Waals surface area contributed by atoms with Gasteiger partial charge in [0.05, 0.1) is 23.5 Å². The van der Waals surface area contributed by atoms with Crippen molar-refractivity contribution in [2.75, 3.05) is 12.3 Å². The highest BCUT2D eigenvalue weighted by Gasteiger charge is 2.35. The van der Waals surface area contributed by atoms with Crippen molar-refractivity contribution in [2.45, 2.75) is 32.1 Å². The number of nitrogens with one attached hydrogen (secondary N) is 1. The molecule has 2 aromatic heterocycles. The standard InChI is InChI=1S/C18H16Cl2F4N6O2/c19-11-4-3-10(18(22,23)24)9(12(11)21)7-26-17(31)32-6-2-1-5-30-8-27-13-14(25)28-16(20)29-15(13)30/h3-4,8H,1-2,5-7H2,(H,26,31)(H2,25,28,29). The average Bonchev–Trinajstić information content (AvgIpc) is 3.11. The van der Waals surface area contributed by atoms with Crippen LogP contribution in [0.3, 0.4) is 0 Å². The number of carbonyl (C=O) groups is 1. The van der Waals surface area contributed by atoms with Gasteiger partial charge in [-0.1, -0.05) is 11.6 Å². The lowest BCUT2D eigenvalue weighted by Crippen LogP contribution is -2.26. The lowest BCUT2D eigenvalue weighted by molar-refractivity contribution is -0.138. The molecule has 2 heterocycles. The molecule has 3 aromatic rings. The Balaban J connectivity index is 1.47. The molecule has 0 unspecified atom stereocenters. The van der Waals surface area contributed by atoms with E-state index >= 15 is 0 Å². The van der Waals surface area contributed by atoms with E-state index in [1.54, 1.807) is 4.57 Å². The molecular formula is C18H16Cl2F4N6O2. The summed E-state index contributed by atoms with van der Waals surface area (Å²) in [4.78, 5) is 23.8. The number of alkyl carbamates (subject to hydrolysis) is 1. The smallest absolute Gasteiger partial charge is 0.416 e. The minimum atomic E-state index is -4.80. The number of aryl methyl sites for hydroxylation is 1. The SMILES string of the molecule is Nc1nc(Cl)nc2c1ncn2CCCCOC(=O)NCc1c(C(F)(F)F)ccc(Cl)c1F. The molecule has 1 amide bonds. The summed E-state index contributed by atoms with van der Waals surface area (Å²) in [5.74, 6) is -1.09. The maximum Gasteiger partial charge on any atom is 0.416 e.